The van der Waals surface area contributed by atoms with E-state index < -0.39 is 25.1 Å². The van der Waals surface area contributed by atoms with Crippen LogP contribution in [0, 0.1) is 19.1 Å². The minimum absolute atomic E-state index is 0. The summed E-state index contributed by atoms with van der Waals surface area (Å²) < 4.78 is 20.9. The Morgan fingerprint density at radius 3 is 2.14 bits per heavy atom. The summed E-state index contributed by atoms with van der Waals surface area (Å²) in [6.07, 6.45) is 3.86. The van der Waals surface area contributed by atoms with E-state index >= 15 is 0 Å². The van der Waals surface area contributed by atoms with Crippen molar-refractivity contribution >= 4 is 49.2 Å². The molecule has 0 aliphatic heterocycles. The molecule has 0 bridgehead atoms. The first-order valence-corrected chi connectivity index (χ1v) is 24.7. The molecule has 7 rings (SSSR count). The maximum atomic E-state index is 8.67. The number of benzene rings is 4. The topological polar surface area (TPSA) is 25.8 Å². The summed E-state index contributed by atoms with van der Waals surface area (Å²) in [5, 5.41) is 2.38. The van der Waals surface area contributed by atoms with E-state index in [1.807, 2.05) is 70.2 Å². The summed E-state index contributed by atoms with van der Waals surface area (Å²) in [7, 11) is 0. The van der Waals surface area contributed by atoms with Gasteiger partial charge in [-0.1, -0.05) is 81.1 Å². The molecule has 0 amide bonds. The molecule has 0 unspecified atom stereocenters. The van der Waals surface area contributed by atoms with Gasteiger partial charge in [-0.05, 0) is 56.4 Å². The quantitative estimate of drug-likeness (QED) is 0.123. The van der Waals surface area contributed by atoms with Crippen LogP contribution in [0.3, 0.4) is 0 Å². The summed E-state index contributed by atoms with van der Waals surface area (Å²) in [6.45, 7) is 9.86. The van der Waals surface area contributed by atoms with E-state index in [4.69, 9.17) is 2.74 Å². The van der Waals surface area contributed by atoms with E-state index in [1.165, 1.54) is 25.4 Å². The predicted molar refractivity (Wildman–Crippen MR) is 211 cm³/mol. The Labute approximate surface area is 315 Å². The van der Waals surface area contributed by atoms with Crippen LogP contribution in [0.1, 0.15) is 58.9 Å². The Balaban J connectivity index is 0.000000237. The monoisotopic (exact) mass is 901 g/mol. The van der Waals surface area contributed by atoms with Gasteiger partial charge in [-0.15, -0.1) is 23.8 Å². The average molecular weight is 900 g/mol. The number of thiophene rings is 1. The Hall–Kier alpha value is -3.41. The normalized spacial score (nSPS) is 12.5. The summed E-state index contributed by atoms with van der Waals surface area (Å²) in [6, 6.07) is 39.6. The van der Waals surface area contributed by atoms with Crippen LogP contribution >= 0.6 is 11.3 Å². The summed E-state index contributed by atoms with van der Waals surface area (Å²) in [4.78, 5) is 9.23. The van der Waals surface area contributed by atoms with Crippen LogP contribution in [0.5, 0.6) is 0 Å². The fourth-order valence-corrected chi connectivity index (χ4v) is 11.0. The molecule has 0 spiro atoms. The zero-order chi connectivity index (χ0) is 35.8. The summed E-state index contributed by atoms with van der Waals surface area (Å²) in [5.74, 6) is 5.81. The van der Waals surface area contributed by atoms with Gasteiger partial charge in [-0.25, -0.2) is 0 Å². The van der Waals surface area contributed by atoms with Crippen LogP contribution in [-0.2, 0) is 20.1 Å². The van der Waals surface area contributed by atoms with Crippen LogP contribution in [0.25, 0.3) is 53.8 Å². The Bertz CT molecular complexity index is 2280. The van der Waals surface area contributed by atoms with E-state index in [2.05, 4.69) is 107 Å². The first-order valence-electron chi connectivity index (χ1n) is 17.5. The van der Waals surface area contributed by atoms with Gasteiger partial charge in [0.2, 0.25) is 0 Å². The minimum atomic E-state index is -1.77. The van der Waals surface area contributed by atoms with Crippen LogP contribution in [-0.4, -0.2) is 23.2 Å². The SMILES string of the molecule is Cc1cc(-c2[c-]cccc2)nc[c]1[Ge]([CH3])([CH3])[CH3].[2H]C(C)(C)c1ccnc(-c2[c-]ccc3c2sc2cc(C([2H])(C)C)cc(-c4ccccc4)c23)c1.[Ir]. The first kappa shape index (κ1) is 34.1. The predicted octanol–water partition coefficient (Wildman–Crippen LogP) is 12.2. The van der Waals surface area contributed by atoms with E-state index in [-0.39, 0.29) is 20.1 Å². The van der Waals surface area contributed by atoms with Gasteiger partial charge in [-0.2, -0.15) is 11.3 Å². The molecule has 0 atom stereocenters. The number of aromatic nitrogens is 2. The zero-order valence-corrected chi connectivity index (χ0v) is 34.8. The molecule has 0 aliphatic carbocycles. The van der Waals surface area contributed by atoms with Crippen molar-refractivity contribution in [1.29, 1.82) is 0 Å². The Morgan fingerprint density at radius 1 is 0.755 bits per heavy atom. The van der Waals surface area contributed by atoms with Crippen molar-refractivity contribution in [3.63, 3.8) is 0 Å². The molecule has 1 radical (unpaired) electrons. The number of hydrogen-bond donors (Lipinski definition) is 0. The summed E-state index contributed by atoms with van der Waals surface area (Å²) >= 11 is -0.0385. The largest absolute Gasteiger partial charge is 0.305 e. The van der Waals surface area contributed by atoms with Gasteiger partial charge >= 0.3 is 106 Å². The second-order valence-electron chi connectivity index (χ2n) is 13.8. The van der Waals surface area contributed by atoms with E-state index in [1.54, 1.807) is 17.5 Å². The van der Waals surface area contributed by atoms with Crippen molar-refractivity contribution in [3.05, 3.63) is 138 Å². The molecule has 49 heavy (non-hydrogen) atoms. The number of pyridine rings is 2. The van der Waals surface area contributed by atoms with Gasteiger partial charge in [-0.3, -0.25) is 0 Å². The number of nitrogens with zero attached hydrogens (tertiary/aromatic N) is 2. The third kappa shape index (κ3) is 8.16. The first-order chi connectivity index (χ1) is 23.6. The second kappa shape index (κ2) is 15.6. The molecular formula is C44H44GeIrN2S-2. The molecule has 3 heterocycles. The van der Waals surface area contributed by atoms with Crippen LogP contribution < -0.4 is 4.40 Å². The van der Waals surface area contributed by atoms with Gasteiger partial charge in [0.15, 0.2) is 0 Å². The number of fused-ring (bicyclic) bond motifs is 3. The van der Waals surface area contributed by atoms with Gasteiger partial charge in [0, 0.05) is 33.7 Å². The van der Waals surface area contributed by atoms with Crippen molar-refractivity contribution < 1.29 is 22.8 Å². The minimum Gasteiger partial charge on any atom is -0.305 e. The van der Waals surface area contributed by atoms with E-state index in [0.717, 1.165) is 49.5 Å². The molecule has 2 nitrogen and oxygen atoms in total. The molecule has 3 aromatic heterocycles. The van der Waals surface area contributed by atoms with Crippen LogP contribution in [0.2, 0.25) is 17.3 Å². The van der Waals surface area contributed by atoms with Crippen molar-refractivity contribution in [2.75, 3.05) is 0 Å². The Morgan fingerprint density at radius 2 is 1.49 bits per heavy atom. The van der Waals surface area contributed by atoms with Crippen molar-refractivity contribution in [1.82, 2.24) is 9.97 Å². The van der Waals surface area contributed by atoms with E-state index in [9.17, 15) is 0 Å². The molecule has 4 aromatic carbocycles. The molecule has 0 saturated carbocycles. The van der Waals surface area contributed by atoms with Crippen molar-refractivity contribution in [2.45, 2.75) is 63.7 Å². The van der Waals surface area contributed by atoms with Gasteiger partial charge in [0.25, 0.3) is 0 Å². The van der Waals surface area contributed by atoms with E-state index in [0.29, 0.717) is 0 Å². The molecule has 0 aliphatic rings. The van der Waals surface area contributed by atoms with Crippen LogP contribution in [0.4, 0.5) is 0 Å². The molecule has 251 valence electrons. The molecular weight excluding hydrogens is 853 g/mol. The average Bonchev–Trinajstić information content (AvgIpc) is 3.47. The molecule has 0 fully saturated rings. The number of hydrogen-bond acceptors (Lipinski definition) is 3. The number of rotatable bonds is 6. The maximum absolute atomic E-state index is 8.67. The van der Waals surface area contributed by atoms with Crippen molar-refractivity contribution in [2.24, 2.45) is 0 Å². The molecule has 0 saturated heterocycles. The smallest absolute Gasteiger partial charge is 0.0347 e. The standard InChI is InChI=1S/C29H26NS.C15H18GeN.Ir/c1-18(2)21-13-14-30-26(16-21)23-11-8-12-24-28-25(20-9-6-5-7-10-20)15-22(19(3)4)17-27(28)31-29(23)24;1-12-10-15(13-8-6-5-7-9-13)17-11-14(12)16(2,3)4;/h5-10,12-19H,1-4H3;5-8,10-11H,1-4H3;/q2*-1;/i18D,19D;;. The van der Waals surface area contributed by atoms with Crippen LogP contribution in [0.15, 0.2) is 109 Å². The third-order valence-corrected chi connectivity index (χ3v) is 14.4. The molecule has 5 heteroatoms. The van der Waals surface area contributed by atoms with Crippen molar-refractivity contribution in [3.8, 4) is 33.6 Å². The van der Waals surface area contributed by atoms with Gasteiger partial charge < -0.3 is 4.98 Å². The second-order valence-corrected chi connectivity index (χ2v) is 25.4. The third-order valence-electron chi connectivity index (χ3n) is 8.69. The van der Waals surface area contributed by atoms with Gasteiger partial charge in [0.1, 0.15) is 0 Å². The fraction of sp³-hybridized carbons (Fsp3) is 0.227. The fourth-order valence-electron chi connectivity index (χ4n) is 6.11. The van der Waals surface area contributed by atoms with Gasteiger partial charge in [0.05, 0.1) is 0 Å². The molecule has 7 aromatic rings. The molecule has 0 N–H and O–H groups in total. The zero-order valence-electron chi connectivity index (χ0n) is 31.5. The number of aryl methyl sites for hydroxylation is 1. The summed E-state index contributed by atoms with van der Waals surface area (Å²) in [5.41, 5.74) is 9.52. The Kier molecular flexibility index (Phi) is 10.9. The maximum Gasteiger partial charge on any atom is 0.0347 e.